The number of hydrogen-bond donors (Lipinski definition) is 8. The molecule has 0 aliphatic rings. The van der Waals surface area contributed by atoms with Crippen molar-refractivity contribution >= 4 is 68.2 Å². The summed E-state index contributed by atoms with van der Waals surface area (Å²) in [5.74, 6) is -9.15. The van der Waals surface area contributed by atoms with E-state index in [1.807, 2.05) is 6.92 Å². The number of benzene rings is 8. The van der Waals surface area contributed by atoms with Crippen LogP contribution in [0.2, 0.25) is 0 Å². The van der Waals surface area contributed by atoms with Gasteiger partial charge in [-0.05, 0) is 85.7 Å². The summed E-state index contributed by atoms with van der Waals surface area (Å²) < 4.78 is 0. The van der Waals surface area contributed by atoms with Crippen LogP contribution in [0.5, 0.6) is 46.0 Å². The number of rotatable bonds is 23. The summed E-state index contributed by atoms with van der Waals surface area (Å²) >= 11 is 0. The summed E-state index contributed by atoms with van der Waals surface area (Å²) in [6.45, 7) is 8.65. The van der Waals surface area contributed by atoms with Gasteiger partial charge in [0.1, 0.15) is 11.5 Å². The smallest absolute Gasteiger partial charge is 0.271 e. The molecule has 4 atom stereocenters. The molecule has 8 aromatic rings. The van der Waals surface area contributed by atoms with Gasteiger partial charge in [0.2, 0.25) is 0 Å². The first-order valence-electron chi connectivity index (χ1n) is 27.5. The van der Waals surface area contributed by atoms with Gasteiger partial charge >= 0.3 is 0 Å². The molecular weight excluding hydrogens is 1160 g/mol. The van der Waals surface area contributed by atoms with Crippen molar-refractivity contribution in [3.05, 3.63) is 207 Å². The van der Waals surface area contributed by atoms with Gasteiger partial charge in [0.15, 0.2) is 57.2 Å². The quantitative estimate of drug-likeness (QED) is 0.0167. The Morgan fingerprint density at radius 1 is 0.326 bits per heavy atom. The third-order valence-corrected chi connectivity index (χ3v) is 14.9. The second kappa shape index (κ2) is 27.0. The van der Waals surface area contributed by atoms with Crippen molar-refractivity contribution in [2.75, 3.05) is 0 Å². The predicted octanol–water partition coefficient (Wildman–Crippen LogP) is 17.8. The topological polar surface area (TPSA) is 433 Å². The van der Waals surface area contributed by atoms with Gasteiger partial charge in [0, 0.05) is 99.7 Å². The zero-order chi connectivity index (χ0) is 64.5. The molecule has 0 aromatic heterocycles. The van der Waals surface area contributed by atoms with Gasteiger partial charge < -0.3 is 40.9 Å². The SMILES string of the molecule is CCC(C)c1cc(C(CC)c2cc(C(CC)c3cc(C(CC)c4ccc(O)c(N=Nc5cccc([N+](=O)[O-])c5)c4O)c(O)c(N=Nc4cccc([N+](=O)[O-])c4)c3O)c(O)c(N=Nc3cccc([N+](=O)[O-])c3)c2O)c(O)c(N=Nc2cccc([N+](=O)[O-])c2)c1O. The zero-order valence-corrected chi connectivity index (χ0v) is 48.0. The molecule has 0 amide bonds. The number of phenols is 8. The van der Waals surface area contributed by atoms with Gasteiger partial charge in [-0.15, -0.1) is 20.5 Å². The highest BCUT2D eigenvalue weighted by Crippen LogP contribution is 2.57. The number of phenolic OH excluding ortho intramolecular Hbond substituents is 8. The van der Waals surface area contributed by atoms with Crippen LogP contribution in [-0.2, 0) is 0 Å². The van der Waals surface area contributed by atoms with Gasteiger partial charge in [0.05, 0.1) is 42.4 Å². The van der Waals surface area contributed by atoms with E-state index in [0.717, 1.165) is 24.3 Å². The Hall–Kier alpha value is -11.8. The average Bonchev–Trinajstić information content (AvgIpc) is 1.23. The molecule has 0 fully saturated rings. The molecular formula is C61H56N12O16. The first-order valence-corrected chi connectivity index (χ1v) is 27.5. The molecule has 4 unspecified atom stereocenters. The number of hydrogen-bond acceptors (Lipinski definition) is 24. The summed E-state index contributed by atoms with van der Waals surface area (Å²) in [7, 11) is 0. The van der Waals surface area contributed by atoms with Crippen LogP contribution in [0.25, 0.3) is 0 Å². The molecule has 28 heteroatoms. The fraction of sp³-hybridized carbons (Fsp3) is 0.213. The number of nitro groups is 4. The summed E-state index contributed by atoms with van der Waals surface area (Å²) in [5, 5.41) is 177. The maximum atomic E-state index is 12.6. The van der Waals surface area contributed by atoms with E-state index in [-0.39, 0.29) is 104 Å². The summed E-state index contributed by atoms with van der Waals surface area (Å²) in [4.78, 5) is 44.1. The summed E-state index contributed by atoms with van der Waals surface area (Å²) in [6.07, 6.45) is 0.472. The van der Waals surface area contributed by atoms with Crippen molar-refractivity contribution in [2.24, 2.45) is 40.9 Å². The van der Waals surface area contributed by atoms with Crippen molar-refractivity contribution in [2.45, 2.75) is 84.0 Å². The molecule has 0 bridgehead atoms. The molecule has 0 aliphatic carbocycles. The van der Waals surface area contributed by atoms with Gasteiger partial charge in [0.25, 0.3) is 22.7 Å². The fourth-order valence-electron chi connectivity index (χ4n) is 10.2. The van der Waals surface area contributed by atoms with Crippen LogP contribution in [0.3, 0.4) is 0 Å². The highest BCUT2D eigenvalue weighted by molar-refractivity contribution is 5.76. The minimum Gasteiger partial charge on any atom is -0.505 e. The van der Waals surface area contributed by atoms with E-state index in [4.69, 9.17) is 0 Å². The predicted molar refractivity (Wildman–Crippen MR) is 323 cm³/mol. The lowest BCUT2D eigenvalue weighted by molar-refractivity contribution is -0.385. The number of nitro benzene ring substituents is 4. The fourth-order valence-corrected chi connectivity index (χ4v) is 10.2. The van der Waals surface area contributed by atoms with Crippen LogP contribution in [-0.4, -0.2) is 60.5 Å². The van der Waals surface area contributed by atoms with E-state index in [1.54, 1.807) is 27.7 Å². The Balaban J connectivity index is 1.39. The number of aromatic hydroxyl groups is 8. The molecule has 456 valence electrons. The van der Waals surface area contributed by atoms with Crippen LogP contribution in [0.1, 0.15) is 123 Å². The first kappa shape index (κ1) is 63.2. The maximum absolute atomic E-state index is 12.6. The van der Waals surface area contributed by atoms with E-state index >= 15 is 0 Å². The highest BCUT2D eigenvalue weighted by atomic mass is 16.6. The van der Waals surface area contributed by atoms with Crippen molar-refractivity contribution in [1.29, 1.82) is 0 Å². The average molecular weight is 1210 g/mol. The molecule has 8 aromatic carbocycles. The number of nitrogens with zero attached hydrogens (tertiary/aromatic N) is 12. The lowest BCUT2D eigenvalue weighted by Gasteiger charge is -2.27. The Morgan fingerprint density at radius 2 is 0.584 bits per heavy atom. The van der Waals surface area contributed by atoms with Crippen LogP contribution < -0.4 is 0 Å². The van der Waals surface area contributed by atoms with E-state index in [9.17, 15) is 81.3 Å². The van der Waals surface area contributed by atoms with E-state index in [0.29, 0.717) is 6.42 Å². The Morgan fingerprint density at radius 3 is 0.865 bits per heavy atom. The van der Waals surface area contributed by atoms with E-state index in [2.05, 4.69) is 40.9 Å². The largest absolute Gasteiger partial charge is 0.505 e. The molecule has 0 saturated heterocycles. The van der Waals surface area contributed by atoms with Crippen molar-refractivity contribution in [3.63, 3.8) is 0 Å². The van der Waals surface area contributed by atoms with Crippen LogP contribution in [0.4, 0.5) is 68.2 Å². The van der Waals surface area contributed by atoms with Gasteiger partial charge in [-0.2, -0.15) is 20.5 Å². The van der Waals surface area contributed by atoms with E-state index in [1.165, 1.54) is 103 Å². The molecule has 0 spiro atoms. The molecule has 89 heavy (non-hydrogen) atoms. The van der Waals surface area contributed by atoms with Gasteiger partial charge in [-0.1, -0.05) is 65.0 Å². The third-order valence-electron chi connectivity index (χ3n) is 14.9. The normalized spacial score (nSPS) is 13.1. The lowest BCUT2D eigenvalue weighted by atomic mass is 9.79. The molecule has 8 N–H and O–H groups in total. The Labute approximate surface area is 504 Å². The molecule has 8 rings (SSSR count). The Kier molecular flexibility index (Phi) is 19.2. The monoisotopic (exact) mass is 1210 g/mol. The van der Waals surface area contributed by atoms with Crippen molar-refractivity contribution in [1.82, 2.24) is 0 Å². The number of azo groups is 4. The highest BCUT2D eigenvalue weighted by Gasteiger charge is 2.35. The Bertz CT molecular complexity index is 4230. The standard InChI is InChI=1S/C61H56N12O16/c1-6-31(5)44-28-45(57(77)52(56(44)76)67-63-33-15-11-19-37(25-33)71(84)85)41(8-3)48-30-49(61(81)54(60(48)80)69-65-35-17-13-21-39(27-35)73(88)89)42(9-4)47-29-46(58(78)53(59(47)79)68-64-34-16-12-20-38(26-34)72(86)87)40(7-2)43-22-23-50(74)51(55(43)75)66-62-32-14-10-18-36(24-32)70(82)83/h10-31,40-42,74-81H,6-9H2,1-5H3. The minimum atomic E-state index is -1.25. The molecule has 0 saturated carbocycles. The molecule has 0 heterocycles. The first-order chi connectivity index (χ1) is 42.5. The lowest BCUT2D eigenvalue weighted by Crippen LogP contribution is -2.08. The van der Waals surface area contributed by atoms with Crippen LogP contribution in [0.15, 0.2) is 168 Å². The van der Waals surface area contributed by atoms with Crippen LogP contribution >= 0.6 is 0 Å². The van der Waals surface area contributed by atoms with Crippen molar-refractivity contribution in [3.8, 4) is 46.0 Å². The molecule has 28 nitrogen and oxygen atoms in total. The minimum absolute atomic E-state index is 0.00294. The van der Waals surface area contributed by atoms with E-state index < -0.39 is 112 Å². The molecule has 0 radical (unpaired) electrons. The summed E-state index contributed by atoms with van der Waals surface area (Å²) in [6, 6.07) is 26.9. The second-order valence-corrected chi connectivity index (χ2v) is 20.3. The van der Waals surface area contributed by atoms with Gasteiger partial charge in [-0.25, -0.2) is 0 Å². The summed E-state index contributed by atoms with van der Waals surface area (Å²) in [5.41, 5.74) is -3.68. The van der Waals surface area contributed by atoms with Gasteiger partial charge in [-0.3, -0.25) is 40.5 Å². The second-order valence-electron chi connectivity index (χ2n) is 20.3. The van der Waals surface area contributed by atoms with Crippen LogP contribution in [0, 0.1) is 40.5 Å². The number of non-ortho nitro benzene ring substituents is 4. The molecule has 0 aliphatic heterocycles. The third kappa shape index (κ3) is 13.3. The maximum Gasteiger partial charge on any atom is 0.271 e. The van der Waals surface area contributed by atoms with Crippen molar-refractivity contribution < 1.29 is 60.5 Å². The zero-order valence-electron chi connectivity index (χ0n) is 48.0.